The van der Waals surface area contributed by atoms with Gasteiger partial charge in [0.2, 0.25) is 0 Å². The molecule has 0 saturated carbocycles. The van der Waals surface area contributed by atoms with Crippen molar-refractivity contribution in [3.05, 3.63) is 54.9 Å². The molecule has 0 spiro atoms. The van der Waals surface area contributed by atoms with E-state index in [1.165, 1.54) is 6.92 Å². The summed E-state index contributed by atoms with van der Waals surface area (Å²) in [5.74, 6) is 1.11. The monoisotopic (exact) mass is 340 g/mol. The molecule has 0 aliphatic heterocycles. The Kier molecular flexibility index (Phi) is 5.18. The van der Waals surface area contributed by atoms with Gasteiger partial charge in [0.05, 0.1) is 31.0 Å². The van der Waals surface area contributed by atoms with Gasteiger partial charge in [-0.1, -0.05) is 12.1 Å². The van der Waals surface area contributed by atoms with Gasteiger partial charge in [-0.25, -0.2) is 4.98 Å². The van der Waals surface area contributed by atoms with Gasteiger partial charge in [0, 0.05) is 6.92 Å². The van der Waals surface area contributed by atoms with Crippen LogP contribution in [0.2, 0.25) is 0 Å². The molecule has 0 fully saturated rings. The van der Waals surface area contributed by atoms with Gasteiger partial charge >= 0.3 is 5.97 Å². The van der Waals surface area contributed by atoms with Crippen molar-refractivity contribution in [2.24, 2.45) is 0 Å². The van der Waals surface area contributed by atoms with Crippen molar-refractivity contribution in [1.82, 2.24) is 9.55 Å². The minimum atomic E-state index is -0.419. The highest BCUT2D eigenvalue weighted by atomic mass is 16.6. The maximum absolute atomic E-state index is 11.4. The largest absolute Gasteiger partial charge is 0.497 e. The standard InChI is InChI=1S/C19H20N2O4/c1-14(22)25-17(12-24-16-9-7-15(23-2)8-10-16)11-21-13-20-18-5-3-4-6-19(18)21/h3-10,13,17H,11-12H2,1-2H3/t17-/m0/s1. The molecule has 0 bridgehead atoms. The van der Waals surface area contributed by atoms with E-state index in [-0.39, 0.29) is 12.6 Å². The zero-order chi connectivity index (χ0) is 17.6. The number of nitrogens with zero attached hydrogens (tertiary/aromatic N) is 2. The highest BCUT2D eigenvalue weighted by molar-refractivity contribution is 5.75. The Morgan fingerprint density at radius 2 is 1.84 bits per heavy atom. The Morgan fingerprint density at radius 3 is 2.56 bits per heavy atom. The maximum atomic E-state index is 11.4. The predicted octanol–water partition coefficient (Wildman–Crippen LogP) is 3.06. The second kappa shape index (κ2) is 7.70. The Morgan fingerprint density at radius 1 is 1.12 bits per heavy atom. The van der Waals surface area contributed by atoms with Crippen LogP contribution in [0, 0.1) is 0 Å². The molecule has 3 rings (SSSR count). The maximum Gasteiger partial charge on any atom is 0.303 e. The molecule has 130 valence electrons. The molecular weight excluding hydrogens is 320 g/mol. The summed E-state index contributed by atoms with van der Waals surface area (Å²) in [7, 11) is 1.61. The third-order valence-electron chi connectivity index (χ3n) is 3.76. The number of imidazole rings is 1. The zero-order valence-electron chi connectivity index (χ0n) is 14.2. The van der Waals surface area contributed by atoms with E-state index < -0.39 is 6.10 Å². The summed E-state index contributed by atoms with van der Waals surface area (Å²) in [6.07, 6.45) is 1.33. The summed E-state index contributed by atoms with van der Waals surface area (Å²) >= 11 is 0. The van der Waals surface area contributed by atoms with Crippen LogP contribution in [0.1, 0.15) is 6.92 Å². The van der Waals surface area contributed by atoms with Crippen LogP contribution < -0.4 is 9.47 Å². The average molecular weight is 340 g/mol. The van der Waals surface area contributed by atoms with Gasteiger partial charge in [-0.15, -0.1) is 0 Å². The van der Waals surface area contributed by atoms with Gasteiger partial charge < -0.3 is 18.8 Å². The molecule has 0 radical (unpaired) electrons. The van der Waals surface area contributed by atoms with Gasteiger partial charge in [0.25, 0.3) is 0 Å². The third kappa shape index (κ3) is 4.29. The van der Waals surface area contributed by atoms with Crippen molar-refractivity contribution in [1.29, 1.82) is 0 Å². The number of rotatable bonds is 7. The lowest BCUT2D eigenvalue weighted by Gasteiger charge is -2.19. The molecule has 25 heavy (non-hydrogen) atoms. The molecular formula is C19H20N2O4. The van der Waals surface area contributed by atoms with E-state index in [1.807, 2.05) is 53.1 Å². The van der Waals surface area contributed by atoms with Crippen molar-refractivity contribution < 1.29 is 19.0 Å². The van der Waals surface area contributed by atoms with E-state index in [0.717, 1.165) is 16.8 Å². The Bertz CT molecular complexity index is 842. The zero-order valence-corrected chi connectivity index (χ0v) is 14.2. The van der Waals surface area contributed by atoms with E-state index in [0.29, 0.717) is 12.3 Å². The predicted molar refractivity (Wildman–Crippen MR) is 93.8 cm³/mol. The topological polar surface area (TPSA) is 62.6 Å². The van der Waals surface area contributed by atoms with E-state index >= 15 is 0 Å². The number of hydrogen-bond donors (Lipinski definition) is 0. The molecule has 0 unspecified atom stereocenters. The Balaban J connectivity index is 1.69. The third-order valence-corrected chi connectivity index (χ3v) is 3.76. The number of esters is 1. The fourth-order valence-corrected chi connectivity index (χ4v) is 2.59. The number of aromatic nitrogens is 2. The fourth-order valence-electron chi connectivity index (χ4n) is 2.59. The summed E-state index contributed by atoms with van der Waals surface area (Å²) in [6.45, 7) is 2.11. The van der Waals surface area contributed by atoms with Crippen molar-refractivity contribution in [2.45, 2.75) is 19.6 Å². The molecule has 1 atom stereocenters. The van der Waals surface area contributed by atoms with Crippen molar-refractivity contribution in [2.75, 3.05) is 13.7 Å². The van der Waals surface area contributed by atoms with E-state index in [4.69, 9.17) is 14.2 Å². The molecule has 0 amide bonds. The summed E-state index contributed by atoms with van der Waals surface area (Å²) in [4.78, 5) is 15.8. The van der Waals surface area contributed by atoms with Gasteiger partial charge in [0.1, 0.15) is 18.1 Å². The van der Waals surface area contributed by atoms with Crippen LogP contribution in [0.15, 0.2) is 54.9 Å². The summed E-state index contributed by atoms with van der Waals surface area (Å²) in [5.41, 5.74) is 1.89. The van der Waals surface area contributed by atoms with E-state index in [2.05, 4.69) is 4.98 Å². The lowest BCUT2D eigenvalue weighted by Crippen LogP contribution is -2.28. The van der Waals surface area contributed by atoms with Gasteiger partial charge in [-0.05, 0) is 36.4 Å². The minimum Gasteiger partial charge on any atom is -0.497 e. The first kappa shape index (κ1) is 16.8. The second-order valence-electron chi connectivity index (χ2n) is 5.60. The molecule has 6 heteroatoms. The number of carbonyl (C=O) groups is 1. The molecule has 0 saturated heterocycles. The molecule has 0 aliphatic rings. The number of para-hydroxylation sites is 2. The first-order valence-corrected chi connectivity index (χ1v) is 7.99. The summed E-state index contributed by atoms with van der Waals surface area (Å²) in [5, 5.41) is 0. The second-order valence-corrected chi connectivity index (χ2v) is 5.60. The molecule has 1 heterocycles. The van der Waals surface area contributed by atoms with Gasteiger partial charge in [-0.2, -0.15) is 0 Å². The Labute approximate surface area is 146 Å². The first-order chi connectivity index (χ1) is 12.2. The average Bonchev–Trinajstić information content (AvgIpc) is 3.03. The highest BCUT2D eigenvalue weighted by Crippen LogP contribution is 2.18. The normalized spacial score (nSPS) is 11.9. The quantitative estimate of drug-likeness (QED) is 0.619. The van der Waals surface area contributed by atoms with Crippen LogP contribution in [0.4, 0.5) is 0 Å². The van der Waals surface area contributed by atoms with Gasteiger partial charge in [0.15, 0.2) is 6.10 Å². The minimum absolute atomic E-state index is 0.248. The molecule has 2 aromatic carbocycles. The molecule has 3 aromatic rings. The van der Waals surface area contributed by atoms with Gasteiger partial charge in [-0.3, -0.25) is 4.79 Å². The van der Waals surface area contributed by atoms with Crippen LogP contribution in [0.25, 0.3) is 11.0 Å². The summed E-state index contributed by atoms with van der Waals surface area (Å²) in [6, 6.07) is 15.1. The molecule has 1 aromatic heterocycles. The van der Waals surface area contributed by atoms with Crippen LogP contribution in [-0.2, 0) is 16.1 Å². The van der Waals surface area contributed by atoms with Crippen molar-refractivity contribution in [3.63, 3.8) is 0 Å². The highest BCUT2D eigenvalue weighted by Gasteiger charge is 2.16. The Hall–Kier alpha value is -3.02. The van der Waals surface area contributed by atoms with Crippen LogP contribution in [0.5, 0.6) is 11.5 Å². The van der Waals surface area contributed by atoms with Crippen LogP contribution in [0.3, 0.4) is 0 Å². The number of methoxy groups -OCH3 is 1. The number of carbonyl (C=O) groups excluding carboxylic acids is 1. The van der Waals surface area contributed by atoms with Crippen molar-refractivity contribution in [3.8, 4) is 11.5 Å². The molecule has 0 N–H and O–H groups in total. The number of fused-ring (bicyclic) bond motifs is 1. The van der Waals surface area contributed by atoms with Crippen LogP contribution in [-0.4, -0.2) is 35.3 Å². The first-order valence-electron chi connectivity index (χ1n) is 7.99. The number of hydrogen-bond acceptors (Lipinski definition) is 5. The van der Waals surface area contributed by atoms with Crippen LogP contribution >= 0.6 is 0 Å². The lowest BCUT2D eigenvalue weighted by atomic mass is 10.3. The summed E-state index contributed by atoms with van der Waals surface area (Å²) < 4.78 is 18.2. The smallest absolute Gasteiger partial charge is 0.303 e. The van der Waals surface area contributed by atoms with E-state index in [1.54, 1.807) is 13.4 Å². The SMILES string of the molecule is COc1ccc(OC[C@H](Cn2cnc3ccccc32)OC(C)=O)cc1. The molecule has 6 nitrogen and oxygen atoms in total. The fraction of sp³-hybridized carbons (Fsp3) is 0.263. The number of benzene rings is 2. The van der Waals surface area contributed by atoms with E-state index in [9.17, 15) is 4.79 Å². The van der Waals surface area contributed by atoms with Crippen molar-refractivity contribution >= 4 is 17.0 Å². The molecule has 0 aliphatic carbocycles. The lowest BCUT2D eigenvalue weighted by molar-refractivity contribution is -0.148. The number of ether oxygens (including phenoxy) is 3.